The molecule has 6 nitrogen and oxygen atoms in total. The minimum Gasteiger partial charge on any atom is -0.380 e. The Kier molecular flexibility index (Phi) is 7.87. The number of benzene rings is 3. The van der Waals surface area contributed by atoms with Crippen LogP contribution in [0.2, 0.25) is 0 Å². The highest BCUT2D eigenvalue weighted by molar-refractivity contribution is 5.95. The van der Waals surface area contributed by atoms with Crippen molar-refractivity contribution < 1.29 is 14.6 Å². The summed E-state index contributed by atoms with van der Waals surface area (Å²) in [6.45, 7) is 8.45. The van der Waals surface area contributed by atoms with Crippen molar-refractivity contribution in [1.29, 1.82) is 0 Å². The molecule has 6 heteroatoms. The topological polar surface area (TPSA) is 67.6 Å². The van der Waals surface area contributed by atoms with Gasteiger partial charge in [-0.05, 0) is 66.6 Å². The van der Waals surface area contributed by atoms with E-state index in [1.807, 2.05) is 66.9 Å². The van der Waals surface area contributed by atoms with Gasteiger partial charge < -0.3 is 14.4 Å². The van der Waals surface area contributed by atoms with E-state index in [4.69, 9.17) is 9.72 Å². The number of anilines is 1. The van der Waals surface area contributed by atoms with E-state index in [2.05, 4.69) is 26.0 Å². The molecule has 0 radical (unpaired) electrons. The lowest BCUT2D eigenvalue weighted by Crippen LogP contribution is -2.37. The van der Waals surface area contributed by atoms with Crippen molar-refractivity contribution in [2.24, 2.45) is 0 Å². The van der Waals surface area contributed by atoms with Gasteiger partial charge in [0.05, 0.1) is 16.7 Å². The number of hydrogen-bond acceptors (Lipinski definition) is 4. The summed E-state index contributed by atoms with van der Waals surface area (Å²) in [4.78, 5) is 20.5. The van der Waals surface area contributed by atoms with Crippen LogP contribution >= 0.6 is 0 Å². The van der Waals surface area contributed by atoms with Crippen molar-refractivity contribution in [3.8, 4) is 0 Å². The number of methoxy groups -OCH3 is 1. The largest absolute Gasteiger partial charge is 0.380 e. The number of aliphatic hydroxyl groups excluding tert-OH is 1. The Morgan fingerprint density at radius 2 is 1.64 bits per heavy atom. The Bertz CT molecular complexity index is 1340. The first-order chi connectivity index (χ1) is 17.4. The Morgan fingerprint density at radius 1 is 1.00 bits per heavy atom. The third-order valence-electron chi connectivity index (χ3n) is 6.84. The molecule has 3 aromatic carbocycles. The SMILES string of the molecule is CCc1cccc(CC)c1N(COC)C(=O)Cn1c(C(O)c2ccccc2)nc2cc(C)c(C)cc21. The third-order valence-corrected chi connectivity index (χ3v) is 6.84. The number of imidazole rings is 1. The number of aromatic nitrogens is 2. The van der Waals surface area contributed by atoms with Crippen molar-refractivity contribution in [1.82, 2.24) is 9.55 Å². The quantitative estimate of drug-likeness (QED) is 0.318. The first-order valence-corrected chi connectivity index (χ1v) is 12.5. The number of ether oxygens (including phenoxy) is 1. The molecular formula is C30H35N3O3. The normalized spacial score (nSPS) is 12.2. The lowest BCUT2D eigenvalue weighted by molar-refractivity contribution is -0.120. The molecule has 0 aliphatic heterocycles. The van der Waals surface area contributed by atoms with E-state index in [0.717, 1.165) is 57.4 Å². The fraction of sp³-hybridized carbons (Fsp3) is 0.333. The van der Waals surface area contributed by atoms with Crippen molar-refractivity contribution in [3.63, 3.8) is 0 Å². The van der Waals surface area contributed by atoms with Crippen LogP contribution in [0, 0.1) is 13.8 Å². The van der Waals surface area contributed by atoms with Crippen molar-refractivity contribution in [3.05, 3.63) is 94.3 Å². The van der Waals surface area contributed by atoms with Gasteiger partial charge in [0.25, 0.3) is 0 Å². The Hall–Kier alpha value is -3.48. The molecule has 188 valence electrons. The fourth-order valence-electron chi connectivity index (χ4n) is 4.73. The maximum atomic E-state index is 14.0. The van der Waals surface area contributed by atoms with Crippen LogP contribution in [0.5, 0.6) is 0 Å². The van der Waals surface area contributed by atoms with Gasteiger partial charge >= 0.3 is 0 Å². The molecule has 1 amide bonds. The minimum absolute atomic E-state index is 0.0305. The molecule has 4 rings (SSSR count). The third kappa shape index (κ3) is 4.92. The minimum atomic E-state index is -0.961. The summed E-state index contributed by atoms with van der Waals surface area (Å²) in [6, 6.07) is 19.7. The Morgan fingerprint density at radius 3 is 2.25 bits per heavy atom. The number of fused-ring (bicyclic) bond motifs is 1. The van der Waals surface area contributed by atoms with Crippen LogP contribution in [-0.2, 0) is 28.9 Å². The number of carbonyl (C=O) groups excluding carboxylic acids is 1. The molecule has 1 N–H and O–H groups in total. The lowest BCUT2D eigenvalue weighted by Gasteiger charge is -2.27. The van der Waals surface area contributed by atoms with Crippen LogP contribution < -0.4 is 4.90 Å². The van der Waals surface area contributed by atoms with Crippen molar-refractivity contribution in [2.45, 2.75) is 53.2 Å². The molecule has 36 heavy (non-hydrogen) atoms. The molecule has 0 aliphatic rings. The molecular weight excluding hydrogens is 450 g/mol. The van der Waals surface area contributed by atoms with Gasteiger partial charge in [-0.2, -0.15) is 0 Å². The molecule has 1 unspecified atom stereocenters. The van der Waals surface area contributed by atoms with E-state index in [-0.39, 0.29) is 19.2 Å². The maximum absolute atomic E-state index is 14.0. The molecule has 1 aromatic heterocycles. The average Bonchev–Trinajstić information content (AvgIpc) is 3.23. The van der Waals surface area contributed by atoms with E-state index in [1.54, 1.807) is 12.0 Å². The second-order valence-corrected chi connectivity index (χ2v) is 9.17. The summed E-state index contributed by atoms with van der Waals surface area (Å²) in [5.41, 5.74) is 7.66. The van der Waals surface area contributed by atoms with Gasteiger partial charge in [-0.15, -0.1) is 0 Å². The standard InChI is InChI=1S/C30H35N3O3/c1-6-22-14-11-15-23(7-2)28(22)33(19-36-5)27(34)18-32-26-17-21(4)20(3)16-25(26)31-30(32)29(35)24-12-9-8-10-13-24/h8-17,29,35H,6-7,18-19H2,1-5H3. The Balaban J connectivity index is 1.83. The van der Waals surface area contributed by atoms with Gasteiger partial charge in [-0.1, -0.05) is 62.4 Å². The van der Waals surface area contributed by atoms with Gasteiger partial charge in [0.1, 0.15) is 25.2 Å². The van der Waals surface area contributed by atoms with E-state index in [1.165, 1.54) is 0 Å². The molecule has 1 heterocycles. The highest BCUT2D eigenvalue weighted by Gasteiger charge is 2.26. The van der Waals surface area contributed by atoms with Gasteiger partial charge in [0, 0.05) is 7.11 Å². The average molecular weight is 486 g/mol. The summed E-state index contributed by atoms with van der Waals surface area (Å²) in [5, 5.41) is 11.3. The highest BCUT2D eigenvalue weighted by Crippen LogP contribution is 2.30. The number of para-hydroxylation sites is 1. The van der Waals surface area contributed by atoms with Gasteiger partial charge in [-0.25, -0.2) is 4.98 Å². The van der Waals surface area contributed by atoms with Gasteiger partial charge in [0.2, 0.25) is 5.91 Å². The summed E-state index contributed by atoms with van der Waals surface area (Å²) in [5.74, 6) is 0.331. The molecule has 0 saturated heterocycles. The number of aliphatic hydroxyl groups is 1. The zero-order valence-corrected chi connectivity index (χ0v) is 21.8. The van der Waals surface area contributed by atoms with Crippen LogP contribution in [0.25, 0.3) is 11.0 Å². The fourth-order valence-corrected chi connectivity index (χ4v) is 4.73. The first-order valence-electron chi connectivity index (χ1n) is 12.5. The van der Waals surface area contributed by atoms with Crippen LogP contribution in [0.1, 0.15) is 53.6 Å². The summed E-state index contributed by atoms with van der Waals surface area (Å²) >= 11 is 0. The number of rotatable bonds is 9. The van der Waals surface area contributed by atoms with Crippen LogP contribution in [0.4, 0.5) is 5.69 Å². The van der Waals surface area contributed by atoms with Gasteiger partial charge in [0.15, 0.2) is 0 Å². The van der Waals surface area contributed by atoms with Crippen molar-refractivity contribution in [2.75, 3.05) is 18.7 Å². The number of amides is 1. The summed E-state index contributed by atoms with van der Waals surface area (Å²) < 4.78 is 7.35. The maximum Gasteiger partial charge on any atom is 0.248 e. The van der Waals surface area contributed by atoms with Crippen molar-refractivity contribution >= 4 is 22.6 Å². The van der Waals surface area contributed by atoms with E-state index in [9.17, 15) is 9.90 Å². The molecule has 0 aliphatic carbocycles. The molecule has 0 spiro atoms. The highest BCUT2D eigenvalue weighted by atomic mass is 16.5. The summed E-state index contributed by atoms with van der Waals surface area (Å²) in [6.07, 6.45) is 0.652. The number of aryl methyl sites for hydroxylation is 4. The van der Waals surface area contributed by atoms with E-state index < -0.39 is 6.10 Å². The molecule has 1 atom stereocenters. The first kappa shape index (κ1) is 25.6. The second kappa shape index (κ2) is 11.1. The molecule has 0 fully saturated rings. The predicted octanol–water partition coefficient (Wildman–Crippen LogP) is 5.50. The lowest BCUT2D eigenvalue weighted by atomic mass is 10.0. The van der Waals surface area contributed by atoms with Crippen LogP contribution in [0.3, 0.4) is 0 Å². The number of nitrogens with zero attached hydrogens (tertiary/aromatic N) is 3. The number of hydrogen-bond donors (Lipinski definition) is 1. The summed E-state index contributed by atoms with van der Waals surface area (Å²) in [7, 11) is 1.60. The number of carbonyl (C=O) groups is 1. The zero-order valence-electron chi connectivity index (χ0n) is 21.8. The van der Waals surface area contributed by atoms with Gasteiger partial charge in [-0.3, -0.25) is 9.69 Å². The predicted molar refractivity (Wildman–Crippen MR) is 144 cm³/mol. The van der Waals surface area contributed by atoms with Crippen LogP contribution in [-0.4, -0.2) is 34.4 Å². The van der Waals surface area contributed by atoms with Crippen LogP contribution in [0.15, 0.2) is 60.7 Å². The zero-order chi connectivity index (χ0) is 25.8. The van der Waals surface area contributed by atoms with E-state index >= 15 is 0 Å². The molecule has 0 bridgehead atoms. The Labute approximate surface area is 213 Å². The second-order valence-electron chi connectivity index (χ2n) is 9.17. The smallest absolute Gasteiger partial charge is 0.248 e. The monoisotopic (exact) mass is 485 g/mol. The molecule has 4 aromatic rings. The molecule has 0 saturated carbocycles. The van der Waals surface area contributed by atoms with E-state index in [0.29, 0.717) is 5.82 Å².